The van der Waals surface area contributed by atoms with Gasteiger partial charge in [0.2, 0.25) is 0 Å². The van der Waals surface area contributed by atoms with Gasteiger partial charge in [-0.25, -0.2) is 0 Å². The number of aliphatic carboxylic acids is 1. The van der Waals surface area contributed by atoms with Crippen LogP contribution >= 0.6 is 0 Å². The second kappa shape index (κ2) is 10.4. The highest BCUT2D eigenvalue weighted by atomic mass is 16.4. The third-order valence-corrected chi connectivity index (χ3v) is 5.21. The van der Waals surface area contributed by atoms with Crippen LogP contribution in [0.1, 0.15) is 84.1 Å². The summed E-state index contributed by atoms with van der Waals surface area (Å²) in [5, 5.41) is 19.6. The molecule has 0 fully saturated rings. The van der Waals surface area contributed by atoms with Crippen LogP contribution < -0.4 is 0 Å². The standard InChI is InChI=1S/C21H34O3/c1-4-7-10-19(20(23)24)21(15-8-5-2,16-9-6-3)17-11-13-18(22)14-12-17/h11-14,19,22H,4-10,15-16H2,1-3H3,(H,23,24). The number of carboxylic acid groups (broad SMARTS) is 1. The molecule has 0 saturated carbocycles. The molecular weight excluding hydrogens is 300 g/mol. The molecule has 0 aliphatic heterocycles. The summed E-state index contributed by atoms with van der Waals surface area (Å²) in [4.78, 5) is 12.2. The quantitative estimate of drug-likeness (QED) is 0.500. The minimum absolute atomic E-state index is 0.235. The molecule has 0 heterocycles. The van der Waals surface area contributed by atoms with Gasteiger partial charge in [0.15, 0.2) is 0 Å². The van der Waals surface area contributed by atoms with Gasteiger partial charge >= 0.3 is 5.97 Å². The Balaban J connectivity index is 3.35. The molecule has 136 valence electrons. The third-order valence-electron chi connectivity index (χ3n) is 5.21. The molecule has 0 amide bonds. The van der Waals surface area contributed by atoms with E-state index in [1.165, 1.54) is 0 Å². The number of phenolic OH excluding ortho intramolecular Hbond substituents is 1. The molecule has 0 bridgehead atoms. The molecule has 1 atom stereocenters. The van der Waals surface area contributed by atoms with Crippen LogP contribution in [0.5, 0.6) is 5.75 Å². The Labute approximate surface area is 147 Å². The van der Waals surface area contributed by atoms with E-state index in [-0.39, 0.29) is 17.1 Å². The molecule has 2 N–H and O–H groups in total. The lowest BCUT2D eigenvalue weighted by Crippen LogP contribution is -2.40. The Kier molecular flexibility index (Phi) is 8.88. The predicted molar refractivity (Wildman–Crippen MR) is 99.5 cm³/mol. The highest BCUT2D eigenvalue weighted by Gasteiger charge is 2.42. The first-order chi connectivity index (χ1) is 11.5. The van der Waals surface area contributed by atoms with Gasteiger partial charge in [0, 0.05) is 5.41 Å². The van der Waals surface area contributed by atoms with Gasteiger partial charge in [-0.1, -0.05) is 71.4 Å². The van der Waals surface area contributed by atoms with Crippen LogP contribution in [0, 0.1) is 5.92 Å². The number of benzene rings is 1. The first kappa shape index (κ1) is 20.5. The van der Waals surface area contributed by atoms with Crippen LogP contribution in [0.25, 0.3) is 0 Å². The van der Waals surface area contributed by atoms with Crippen LogP contribution in [0.3, 0.4) is 0 Å². The fourth-order valence-electron chi connectivity index (χ4n) is 3.79. The van der Waals surface area contributed by atoms with Crippen molar-refractivity contribution in [2.75, 3.05) is 0 Å². The van der Waals surface area contributed by atoms with Crippen molar-refractivity contribution < 1.29 is 15.0 Å². The van der Waals surface area contributed by atoms with Gasteiger partial charge < -0.3 is 10.2 Å². The Morgan fingerprint density at radius 2 is 1.46 bits per heavy atom. The number of hydrogen-bond donors (Lipinski definition) is 2. The van der Waals surface area contributed by atoms with Gasteiger partial charge in [0.05, 0.1) is 5.92 Å². The normalized spacial score (nSPS) is 13.0. The van der Waals surface area contributed by atoms with Crippen molar-refractivity contribution in [3.8, 4) is 5.75 Å². The molecule has 3 heteroatoms. The second-order valence-corrected chi connectivity index (χ2v) is 6.94. The monoisotopic (exact) mass is 334 g/mol. The molecule has 3 nitrogen and oxygen atoms in total. The van der Waals surface area contributed by atoms with E-state index in [0.717, 1.165) is 63.4 Å². The summed E-state index contributed by atoms with van der Waals surface area (Å²) in [5.74, 6) is -0.803. The largest absolute Gasteiger partial charge is 0.508 e. The van der Waals surface area contributed by atoms with E-state index in [0.29, 0.717) is 0 Å². The van der Waals surface area contributed by atoms with E-state index in [4.69, 9.17) is 0 Å². The predicted octanol–water partition coefficient (Wildman–Crippen LogP) is 5.90. The fraction of sp³-hybridized carbons (Fsp3) is 0.667. The van der Waals surface area contributed by atoms with Crippen molar-refractivity contribution in [3.63, 3.8) is 0 Å². The highest BCUT2D eigenvalue weighted by molar-refractivity contribution is 5.72. The number of unbranched alkanes of at least 4 members (excludes halogenated alkanes) is 3. The number of carbonyl (C=O) groups is 1. The van der Waals surface area contributed by atoms with Crippen molar-refractivity contribution >= 4 is 5.97 Å². The first-order valence-corrected chi connectivity index (χ1v) is 9.54. The minimum Gasteiger partial charge on any atom is -0.508 e. The highest BCUT2D eigenvalue weighted by Crippen LogP contribution is 2.44. The van der Waals surface area contributed by atoms with Crippen LogP contribution in [0.2, 0.25) is 0 Å². The third kappa shape index (κ3) is 5.25. The number of carboxylic acids is 1. The molecule has 24 heavy (non-hydrogen) atoms. The molecule has 0 radical (unpaired) electrons. The SMILES string of the molecule is CCCCC(C(=O)O)C(CCCC)(CCCC)c1ccc(O)cc1. The van der Waals surface area contributed by atoms with E-state index in [1.54, 1.807) is 12.1 Å². The molecular formula is C21H34O3. The number of phenols is 1. The Hall–Kier alpha value is -1.51. The van der Waals surface area contributed by atoms with E-state index >= 15 is 0 Å². The molecule has 0 aromatic heterocycles. The van der Waals surface area contributed by atoms with Gasteiger partial charge in [-0.05, 0) is 37.0 Å². The smallest absolute Gasteiger partial charge is 0.307 e. The van der Waals surface area contributed by atoms with Gasteiger partial charge in [-0.3, -0.25) is 4.79 Å². The zero-order chi connectivity index (χ0) is 18.0. The van der Waals surface area contributed by atoms with Crippen LogP contribution in [0.4, 0.5) is 0 Å². The van der Waals surface area contributed by atoms with E-state index in [1.807, 2.05) is 12.1 Å². The van der Waals surface area contributed by atoms with Gasteiger partial charge in [0.25, 0.3) is 0 Å². The van der Waals surface area contributed by atoms with Gasteiger partial charge in [-0.2, -0.15) is 0 Å². The molecule has 1 aromatic rings. The average molecular weight is 334 g/mol. The van der Waals surface area contributed by atoms with Crippen molar-refractivity contribution in [1.29, 1.82) is 0 Å². The lowest BCUT2D eigenvalue weighted by molar-refractivity contribution is -0.145. The summed E-state index contributed by atoms with van der Waals surface area (Å²) in [7, 11) is 0. The number of rotatable bonds is 12. The summed E-state index contributed by atoms with van der Waals surface area (Å²) in [6, 6.07) is 7.26. The topological polar surface area (TPSA) is 57.5 Å². The van der Waals surface area contributed by atoms with Crippen molar-refractivity contribution in [2.45, 2.75) is 84.0 Å². The zero-order valence-electron chi connectivity index (χ0n) is 15.6. The molecule has 1 unspecified atom stereocenters. The van der Waals surface area contributed by atoms with Gasteiger partial charge in [-0.15, -0.1) is 0 Å². The lowest BCUT2D eigenvalue weighted by atomic mass is 9.63. The summed E-state index contributed by atoms with van der Waals surface area (Å²) >= 11 is 0. The Bertz CT molecular complexity index is 470. The maximum Gasteiger partial charge on any atom is 0.307 e. The summed E-state index contributed by atoms with van der Waals surface area (Å²) in [5.41, 5.74) is 0.742. The van der Waals surface area contributed by atoms with E-state index in [9.17, 15) is 15.0 Å². The van der Waals surface area contributed by atoms with Crippen LogP contribution in [0.15, 0.2) is 24.3 Å². The van der Waals surface area contributed by atoms with E-state index < -0.39 is 5.97 Å². The number of hydrogen-bond acceptors (Lipinski definition) is 2. The number of aromatic hydroxyl groups is 1. The minimum atomic E-state index is -0.677. The Morgan fingerprint density at radius 3 is 1.88 bits per heavy atom. The van der Waals surface area contributed by atoms with Gasteiger partial charge in [0.1, 0.15) is 5.75 Å². The van der Waals surface area contributed by atoms with Crippen LogP contribution in [-0.2, 0) is 10.2 Å². The molecule has 0 aliphatic carbocycles. The average Bonchev–Trinajstić information content (AvgIpc) is 2.57. The molecule has 1 aromatic carbocycles. The maximum atomic E-state index is 12.2. The van der Waals surface area contributed by atoms with Crippen molar-refractivity contribution in [2.24, 2.45) is 5.92 Å². The zero-order valence-corrected chi connectivity index (χ0v) is 15.6. The van der Waals surface area contributed by atoms with Crippen LogP contribution in [-0.4, -0.2) is 16.2 Å². The van der Waals surface area contributed by atoms with Crippen molar-refractivity contribution in [1.82, 2.24) is 0 Å². The van der Waals surface area contributed by atoms with E-state index in [2.05, 4.69) is 20.8 Å². The van der Waals surface area contributed by atoms with Crippen molar-refractivity contribution in [3.05, 3.63) is 29.8 Å². The summed E-state index contributed by atoms with van der Waals surface area (Å²) in [6.07, 6.45) is 8.65. The fourth-order valence-corrected chi connectivity index (χ4v) is 3.79. The summed E-state index contributed by atoms with van der Waals surface area (Å²) in [6.45, 7) is 6.42. The molecule has 1 rings (SSSR count). The Morgan fingerprint density at radius 1 is 0.958 bits per heavy atom. The molecule has 0 saturated heterocycles. The second-order valence-electron chi connectivity index (χ2n) is 6.94. The summed E-state index contributed by atoms with van der Waals surface area (Å²) < 4.78 is 0. The molecule has 0 aliphatic rings. The molecule has 0 spiro atoms. The maximum absolute atomic E-state index is 12.2. The first-order valence-electron chi connectivity index (χ1n) is 9.54. The lowest BCUT2D eigenvalue weighted by Gasteiger charge is -2.40.